The summed E-state index contributed by atoms with van der Waals surface area (Å²) in [6.07, 6.45) is 2.38. The molecule has 0 aliphatic heterocycles. The molecule has 0 unspecified atom stereocenters. The van der Waals surface area contributed by atoms with Crippen molar-refractivity contribution in [2.24, 2.45) is 5.92 Å². The van der Waals surface area contributed by atoms with E-state index in [2.05, 4.69) is 66.5 Å². The summed E-state index contributed by atoms with van der Waals surface area (Å²) in [6.45, 7) is 8.40. The van der Waals surface area contributed by atoms with Crippen LogP contribution in [0.5, 0.6) is 0 Å². The monoisotopic (exact) mass is 340 g/mol. The molecule has 1 aliphatic rings. The molecule has 3 rings (SSSR count). The van der Waals surface area contributed by atoms with Crippen molar-refractivity contribution in [2.45, 2.75) is 52.5 Å². The lowest BCUT2D eigenvalue weighted by Crippen LogP contribution is -2.30. The van der Waals surface area contributed by atoms with Gasteiger partial charge in [-0.25, -0.2) is 4.98 Å². The van der Waals surface area contributed by atoms with Crippen LogP contribution in [0, 0.1) is 19.8 Å². The minimum atomic E-state index is -0.0523. The maximum atomic E-state index is 9.58. The van der Waals surface area contributed by atoms with Crippen LogP contribution < -0.4 is 10.6 Å². The van der Waals surface area contributed by atoms with E-state index in [9.17, 15) is 5.11 Å². The first kappa shape index (κ1) is 17.7. The van der Waals surface area contributed by atoms with Crippen molar-refractivity contribution >= 4 is 17.5 Å². The second-order valence-electron chi connectivity index (χ2n) is 7.45. The van der Waals surface area contributed by atoms with E-state index >= 15 is 0 Å². The Balaban J connectivity index is 1.87. The Labute approximate surface area is 149 Å². The quantitative estimate of drug-likeness (QED) is 0.706. The van der Waals surface area contributed by atoms with Crippen LogP contribution in [0.4, 0.5) is 17.5 Å². The first-order valence-electron chi connectivity index (χ1n) is 9.06. The van der Waals surface area contributed by atoms with Gasteiger partial charge >= 0.3 is 0 Å². The number of aryl methyl sites for hydroxylation is 2. The molecule has 1 fully saturated rings. The van der Waals surface area contributed by atoms with Crippen molar-refractivity contribution in [1.29, 1.82) is 0 Å². The van der Waals surface area contributed by atoms with Gasteiger partial charge in [0.05, 0.1) is 18.3 Å². The summed E-state index contributed by atoms with van der Waals surface area (Å²) in [5.74, 6) is 2.22. The zero-order valence-corrected chi connectivity index (χ0v) is 15.5. The molecule has 1 atom stereocenters. The van der Waals surface area contributed by atoms with Gasteiger partial charge in [0, 0.05) is 17.7 Å². The van der Waals surface area contributed by atoms with Gasteiger partial charge in [0.15, 0.2) is 0 Å². The average Bonchev–Trinajstić information content (AvgIpc) is 3.36. The molecule has 1 heterocycles. The van der Waals surface area contributed by atoms with Crippen LogP contribution in [0.3, 0.4) is 0 Å². The highest BCUT2D eigenvalue weighted by Crippen LogP contribution is 2.40. The molecule has 0 saturated heterocycles. The van der Waals surface area contributed by atoms with Gasteiger partial charge in [0.25, 0.3) is 0 Å². The maximum absolute atomic E-state index is 9.58. The van der Waals surface area contributed by atoms with Gasteiger partial charge < -0.3 is 15.7 Å². The summed E-state index contributed by atoms with van der Waals surface area (Å²) in [7, 11) is 0. The minimum absolute atomic E-state index is 0.0523. The number of rotatable bonds is 7. The lowest BCUT2D eigenvalue weighted by molar-refractivity contribution is 0.248. The van der Waals surface area contributed by atoms with Crippen LogP contribution >= 0.6 is 0 Å². The van der Waals surface area contributed by atoms with Gasteiger partial charge in [0.2, 0.25) is 5.95 Å². The number of hydrogen-bond donors (Lipinski definition) is 3. The van der Waals surface area contributed by atoms with Gasteiger partial charge in [-0.1, -0.05) is 19.9 Å². The van der Waals surface area contributed by atoms with E-state index in [4.69, 9.17) is 0 Å². The SMILES string of the molecule is Cc1cc(C)cc(Nc2cc(C3CC3)nc(N[C@@H](CO)C(C)C)n2)c1. The lowest BCUT2D eigenvalue weighted by Gasteiger charge is -2.20. The number of benzene rings is 1. The van der Waals surface area contributed by atoms with Crippen LogP contribution in [0.2, 0.25) is 0 Å². The number of hydrogen-bond acceptors (Lipinski definition) is 5. The molecular formula is C20H28N4O. The van der Waals surface area contributed by atoms with Crippen LogP contribution in [0.1, 0.15) is 49.4 Å². The highest BCUT2D eigenvalue weighted by Gasteiger charge is 2.26. The number of nitrogens with one attached hydrogen (secondary N) is 2. The molecule has 134 valence electrons. The fourth-order valence-corrected chi connectivity index (χ4v) is 2.97. The molecule has 3 N–H and O–H groups in total. The first-order valence-corrected chi connectivity index (χ1v) is 9.06. The number of aliphatic hydroxyl groups excluding tert-OH is 1. The third kappa shape index (κ3) is 4.69. The van der Waals surface area contributed by atoms with Gasteiger partial charge in [-0.3, -0.25) is 0 Å². The number of aliphatic hydroxyl groups is 1. The Bertz CT molecular complexity index is 720. The lowest BCUT2D eigenvalue weighted by atomic mass is 10.1. The number of aromatic nitrogens is 2. The number of nitrogens with zero attached hydrogens (tertiary/aromatic N) is 2. The molecule has 0 amide bonds. The summed E-state index contributed by atoms with van der Waals surface area (Å²) >= 11 is 0. The van der Waals surface area contributed by atoms with E-state index < -0.39 is 0 Å². The molecule has 5 nitrogen and oxygen atoms in total. The topological polar surface area (TPSA) is 70.1 Å². The fraction of sp³-hybridized carbons (Fsp3) is 0.500. The molecule has 1 aromatic carbocycles. The van der Waals surface area contributed by atoms with Gasteiger partial charge in [-0.15, -0.1) is 0 Å². The smallest absolute Gasteiger partial charge is 0.225 e. The Morgan fingerprint density at radius 1 is 1.08 bits per heavy atom. The van der Waals surface area contributed by atoms with E-state index in [1.165, 1.54) is 24.0 Å². The zero-order valence-electron chi connectivity index (χ0n) is 15.5. The molecule has 1 aromatic heterocycles. The number of anilines is 3. The normalized spacial score (nSPS) is 15.3. The minimum Gasteiger partial charge on any atom is -0.394 e. The maximum Gasteiger partial charge on any atom is 0.225 e. The largest absolute Gasteiger partial charge is 0.394 e. The van der Waals surface area contributed by atoms with Crippen LogP contribution in [-0.4, -0.2) is 27.7 Å². The fourth-order valence-electron chi connectivity index (χ4n) is 2.97. The van der Waals surface area contributed by atoms with Gasteiger partial charge in [0.1, 0.15) is 5.82 Å². The van der Waals surface area contributed by atoms with E-state index in [0.717, 1.165) is 17.2 Å². The molecule has 1 aliphatic carbocycles. The second-order valence-corrected chi connectivity index (χ2v) is 7.45. The molecular weight excluding hydrogens is 312 g/mol. The van der Waals surface area contributed by atoms with Crippen molar-refractivity contribution in [3.05, 3.63) is 41.1 Å². The summed E-state index contributed by atoms with van der Waals surface area (Å²) in [4.78, 5) is 9.29. The van der Waals surface area contributed by atoms with Gasteiger partial charge in [-0.05, 0) is 55.9 Å². The predicted octanol–water partition coefficient (Wildman–Crippen LogP) is 4.14. The van der Waals surface area contributed by atoms with E-state index in [0.29, 0.717) is 17.8 Å². The van der Waals surface area contributed by atoms with E-state index in [1.807, 2.05) is 6.07 Å². The van der Waals surface area contributed by atoms with Crippen LogP contribution in [0.25, 0.3) is 0 Å². The summed E-state index contributed by atoms with van der Waals surface area (Å²) in [5, 5.41) is 16.3. The van der Waals surface area contributed by atoms with Crippen LogP contribution in [0.15, 0.2) is 24.3 Å². The highest BCUT2D eigenvalue weighted by atomic mass is 16.3. The Kier molecular flexibility index (Phi) is 5.23. The molecule has 1 saturated carbocycles. The predicted molar refractivity (Wildman–Crippen MR) is 103 cm³/mol. The highest BCUT2D eigenvalue weighted by molar-refractivity contribution is 5.60. The second kappa shape index (κ2) is 7.40. The van der Waals surface area contributed by atoms with Crippen molar-refractivity contribution in [1.82, 2.24) is 9.97 Å². The molecule has 0 radical (unpaired) electrons. The summed E-state index contributed by atoms with van der Waals surface area (Å²) in [5.41, 5.74) is 4.55. The van der Waals surface area contributed by atoms with E-state index in [-0.39, 0.29) is 12.6 Å². The third-order valence-corrected chi connectivity index (χ3v) is 4.55. The average molecular weight is 340 g/mol. The molecule has 0 spiro atoms. The Morgan fingerprint density at radius 3 is 2.32 bits per heavy atom. The molecule has 5 heteroatoms. The van der Waals surface area contributed by atoms with Gasteiger partial charge in [-0.2, -0.15) is 4.98 Å². The van der Waals surface area contributed by atoms with Crippen LogP contribution in [-0.2, 0) is 0 Å². The zero-order chi connectivity index (χ0) is 18.0. The molecule has 0 bridgehead atoms. The molecule has 2 aromatic rings. The first-order chi connectivity index (χ1) is 11.9. The molecule has 25 heavy (non-hydrogen) atoms. The third-order valence-electron chi connectivity index (χ3n) is 4.55. The summed E-state index contributed by atoms with van der Waals surface area (Å²) in [6, 6.07) is 8.38. The van der Waals surface area contributed by atoms with Crippen molar-refractivity contribution in [3.8, 4) is 0 Å². The van der Waals surface area contributed by atoms with Crippen molar-refractivity contribution in [2.75, 3.05) is 17.2 Å². The summed E-state index contributed by atoms with van der Waals surface area (Å²) < 4.78 is 0. The van der Waals surface area contributed by atoms with Crippen molar-refractivity contribution in [3.63, 3.8) is 0 Å². The Hall–Kier alpha value is -2.14. The van der Waals surface area contributed by atoms with Crippen molar-refractivity contribution < 1.29 is 5.11 Å². The van der Waals surface area contributed by atoms with E-state index in [1.54, 1.807) is 0 Å². The Morgan fingerprint density at radius 2 is 1.76 bits per heavy atom. The standard InChI is InChI=1S/C20H28N4O/c1-12(2)18(11-25)23-20-22-17(15-5-6-15)10-19(24-20)21-16-8-13(3)7-14(4)9-16/h7-10,12,15,18,25H,5-6,11H2,1-4H3,(H2,21,22,23,24)/t18-/m0/s1.